The molecule has 1 aromatic carbocycles. The summed E-state index contributed by atoms with van der Waals surface area (Å²) in [7, 11) is 0. The van der Waals surface area contributed by atoms with Crippen molar-refractivity contribution >= 4 is 5.91 Å². The summed E-state index contributed by atoms with van der Waals surface area (Å²) in [4.78, 5) is 12.9. The average Bonchev–Trinajstić information content (AvgIpc) is 3.23. The molecule has 3 rings (SSSR count). The highest BCUT2D eigenvalue weighted by molar-refractivity contribution is 5.88. The summed E-state index contributed by atoms with van der Waals surface area (Å²) in [6, 6.07) is 10.7. The Bertz CT molecular complexity index is 762. The van der Waals surface area contributed by atoms with Crippen LogP contribution in [0, 0.1) is 6.92 Å². The summed E-state index contributed by atoms with van der Waals surface area (Å²) in [6.07, 6.45) is -0.880. The van der Waals surface area contributed by atoms with Gasteiger partial charge in [0.05, 0.1) is 12.0 Å². The lowest BCUT2D eigenvalue weighted by Crippen LogP contribution is -2.43. The van der Waals surface area contributed by atoms with Crippen LogP contribution in [0.3, 0.4) is 0 Å². The third kappa shape index (κ3) is 3.61. The van der Waals surface area contributed by atoms with Crippen LogP contribution in [-0.4, -0.2) is 22.2 Å². The van der Waals surface area contributed by atoms with Crippen molar-refractivity contribution in [2.24, 2.45) is 0 Å². The van der Waals surface area contributed by atoms with E-state index in [9.17, 15) is 18.0 Å². The lowest BCUT2D eigenvalue weighted by atomic mass is 9.78. The van der Waals surface area contributed by atoms with E-state index in [-0.39, 0.29) is 19.0 Å². The van der Waals surface area contributed by atoms with Crippen LogP contribution in [0.2, 0.25) is 0 Å². The third-order valence-corrected chi connectivity index (χ3v) is 5.10. The summed E-state index contributed by atoms with van der Waals surface area (Å²) in [6.45, 7) is 2.03. The molecule has 0 aliphatic heterocycles. The minimum Gasteiger partial charge on any atom is -0.353 e. The van der Waals surface area contributed by atoms with Gasteiger partial charge in [-0.15, -0.1) is 0 Å². The molecule has 1 heterocycles. The van der Waals surface area contributed by atoms with Gasteiger partial charge in [0.25, 0.3) is 0 Å². The van der Waals surface area contributed by atoms with Crippen LogP contribution in [0.4, 0.5) is 13.2 Å². The predicted octanol–water partition coefficient (Wildman–Crippen LogP) is 3.84. The zero-order valence-electron chi connectivity index (χ0n) is 14.6. The first-order chi connectivity index (χ1) is 12.3. The fraction of sp³-hybridized carbons (Fsp3) is 0.474. The lowest BCUT2D eigenvalue weighted by molar-refractivity contribution is -0.141. The molecule has 0 bridgehead atoms. The number of aromatic nitrogens is 2. The first kappa shape index (κ1) is 18.5. The smallest absolute Gasteiger partial charge is 0.353 e. The molecule has 1 aliphatic rings. The van der Waals surface area contributed by atoms with Crippen molar-refractivity contribution in [3.05, 3.63) is 53.3 Å². The fourth-order valence-electron chi connectivity index (χ4n) is 3.70. The van der Waals surface area contributed by atoms with E-state index < -0.39 is 17.3 Å². The zero-order chi connectivity index (χ0) is 18.8. The van der Waals surface area contributed by atoms with E-state index in [0.717, 1.165) is 37.3 Å². The van der Waals surface area contributed by atoms with Crippen LogP contribution in [-0.2, 0) is 22.9 Å². The Labute approximate surface area is 150 Å². The van der Waals surface area contributed by atoms with Crippen LogP contribution in [0.25, 0.3) is 0 Å². The number of nitrogens with zero attached hydrogens (tertiary/aromatic N) is 2. The normalized spacial score (nSPS) is 16.6. The van der Waals surface area contributed by atoms with Gasteiger partial charge >= 0.3 is 6.18 Å². The number of halogens is 3. The molecule has 0 atom stereocenters. The van der Waals surface area contributed by atoms with E-state index in [1.807, 2.05) is 30.3 Å². The zero-order valence-corrected chi connectivity index (χ0v) is 14.6. The molecule has 1 aromatic heterocycles. The van der Waals surface area contributed by atoms with Crippen molar-refractivity contribution in [3.63, 3.8) is 0 Å². The van der Waals surface area contributed by atoms with Crippen molar-refractivity contribution in [1.29, 1.82) is 0 Å². The van der Waals surface area contributed by atoms with Gasteiger partial charge in [0.2, 0.25) is 5.91 Å². The number of carbonyl (C=O) groups is 1. The predicted molar refractivity (Wildman–Crippen MR) is 91.6 cm³/mol. The molecule has 140 valence electrons. The van der Waals surface area contributed by atoms with E-state index in [0.29, 0.717) is 5.69 Å². The molecule has 1 fully saturated rings. The van der Waals surface area contributed by atoms with Gasteiger partial charge in [0.15, 0.2) is 5.69 Å². The van der Waals surface area contributed by atoms with E-state index in [2.05, 4.69) is 10.4 Å². The SMILES string of the molecule is Cc1cc(C(F)(F)F)nn1CCNC(=O)C1(c2ccccc2)CCCC1. The van der Waals surface area contributed by atoms with Gasteiger partial charge in [-0.25, -0.2) is 0 Å². The first-order valence-corrected chi connectivity index (χ1v) is 8.78. The second-order valence-electron chi connectivity index (χ2n) is 6.80. The molecule has 1 aliphatic carbocycles. The van der Waals surface area contributed by atoms with Crippen LogP contribution in [0.15, 0.2) is 36.4 Å². The van der Waals surface area contributed by atoms with Gasteiger partial charge in [0, 0.05) is 12.2 Å². The molecule has 1 amide bonds. The van der Waals surface area contributed by atoms with Crippen LogP contribution in [0.5, 0.6) is 0 Å². The summed E-state index contributed by atoms with van der Waals surface area (Å²) in [5.74, 6) is -0.0537. The second kappa shape index (κ2) is 7.13. The van der Waals surface area contributed by atoms with Crippen LogP contribution < -0.4 is 5.32 Å². The van der Waals surface area contributed by atoms with Crippen molar-refractivity contribution in [3.8, 4) is 0 Å². The van der Waals surface area contributed by atoms with Gasteiger partial charge in [-0.1, -0.05) is 43.2 Å². The maximum atomic E-state index is 12.9. The molecular formula is C19H22F3N3O. The highest BCUT2D eigenvalue weighted by Crippen LogP contribution is 2.41. The Kier molecular flexibility index (Phi) is 5.07. The van der Waals surface area contributed by atoms with Crippen LogP contribution in [0.1, 0.15) is 42.6 Å². The first-order valence-electron chi connectivity index (χ1n) is 8.78. The van der Waals surface area contributed by atoms with Gasteiger partial charge in [-0.05, 0) is 31.4 Å². The maximum absolute atomic E-state index is 12.9. The van der Waals surface area contributed by atoms with Gasteiger partial charge in [-0.3, -0.25) is 9.48 Å². The van der Waals surface area contributed by atoms with Gasteiger partial charge in [0.1, 0.15) is 0 Å². The number of nitrogens with one attached hydrogen (secondary N) is 1. The molecule has 4 nitrogen and oxygen atoms in total. The monoisotopic (exact) mass is 365 g/mol. The number of amides is 1. The van der Waals surface area contributed by atoms with Crippen molar-refractivity contribution in [2.75, 3.05) is 6.54 Å². The Balaban J connectivity index is 1.66. The molecule has 0 unspecified atom stereocenters. The Hall–Kier alpha value is -2.31. The molecule has 0 radical (unpaired) electrons. The Morgan fingerprint density at radius 3 is 2.46 bits per heavy atom. The highest BCUT2D eigenvalue weighted by Gasteiger charge is 2.42. The number of hydrogen-bond acceptors (Lipinski definition) is 2. The Morgan fingerprint density at radius 2 is 1.88 bits per heavy atom. The lowest BCUT2D eigenvalue weighted by Gasteiger charge is -2.28. The molecule has 2 aromatic rings. The molecule has 26 heavy (non-hydrogen) atoms. The average molecular weight is 365 g/mol. The number of benzene rings is 1. The standard InChI is InChI=1S/C19H22F3N3O/c1-14-13-16(19(20,21)22)24-25(14)12-11-23-17(26)18(9-5-6-10-18)15-7-3-2-4-8-15/h2-4,7-8,13H,5-6,9-12H2,1H3,(H,23,26). The van der Waals surface area contributed by atoms with Crippen molar-refractivity contribution in [1.82, 2.24) is 15.1 Å². The molecule has 0 saturated heterocycles. The quantitative estimate of drug-likeness (QED) is 0.875. The summed E-state index contributed by atoms with van der Waals surface area (Å²) in [5.41, 5.74) is -0.00917. The largest absolute Gasteiger partial charge is 0.435 e. The molecule has 1 N–H and O–H groups in total. The molecule has 0 spiro atoms. The van der Waals surface area contributed by atoms with E-state index in [1.54, 1.807) is 6.92 Å². The number of rotatable bonds is 5. The third-order valence-electron chi connectivity index (χ3n) is 5.10. The van der Waals surface area contributed by atoms with E-state index in [4.69, 9.17) is 0 Å². The van der Waals surface area contributed by atoms with E-state index in [1.165, 1.54) is 4.68 Å². The van der Waals surface area contributed by atoms with Crippen molar-refractivity contribution in [2.45, 2.75) is 50.7 Å². The van der Waals surface area contributed by atoms with E-state index >= 15 is 0 Å². The minimum atomic E-state index is -4.46. The van der Waals surface area contributed by atoms with Crippen LogP contribution >= 0.6 is 0 Å². The Morgan fingerprint density at radius 1 is 1.23 bits per heavy atom. The fourth-order valence-corrected chi connectivity index (χ4v) is 3.70. The van der Waals surface area contributed by atoms with Gasteiger partial charge in [-0.2, -0.15) is 18.3 Å². The molecule has 7 heteroatoms. The molecule has 1 saturated carbocycles. The maximum Gasteiger partial charge on any atom is 0.435 e. The summed E-state index contributed by atoms with van der Waals surface area (Å²) >= 11 is 0. The summed E-state index contributed by atoms with van der Waals surface area (Å²) < 4.78 is 39.5. The number of alkyl halides is 3. The molecular weight excluding hydrogens is 343 g/mol. The number of carbonyl (C=O) groups excluding carboxylic acids is 1. The number of aryl methyl sites for hydroxylation is 1. The highest BCUT2D eigenvalue weighted by atomic mass is 19.4. The summed E-state index contributed by atoms with van der Waals surface area (Å²) in [5, 5.41) is 6.50. The minimum absolute atomic E-state index is 0.0537. The van der Waals surface area contributed by atoms with Gasteiger partial charge < -0.3 is 5.32 Å². The number of hydrogen-bond donors (Lipinski definition) is 1. The second-order valence-corrected chi connectivity index (χ2v) is 6.80. The topological polar surface area (TPSA) is 46.9 Å². The van der Waals surface area contributed by atoms with Crippen molar-refractivity contribution < 1.29 is 18.0 Å².